The minimum Gasteiger partial charge on any atom is -0.484 e. The molecule has 0 aromatic heterocycles. The van der Waals surface area contributed by atoms with Crippen LogP contribution >= 0.6 is 0 Å². The molecule has 0 spiro atoms. The van der Waals surface area contributed by atoms with E-state index in [0.29, 0.717) is 17.9 Å². The van der Waals surface area contributed by atoms with Crippen molar-refractivity contribution in [2.24, 2.45) is 0 Å². The predicted octanol–water partition coefficient (Wildman–Crippen LogP) is 3.32. The van der Waals surface area contributed by atoms with E-state index in [1.54, 1.807) is 44.2 Å². The lowest BCUT2D eigenvalue weighted by Gasteiger charge is -2.28. The summed E-state index contributed by atoms with van der Waals surface area (Å²) in [7, 11) is 0. The highest BCUT2D eigenvalue weighted by molar-refractivity contribution is 5.87. The molecule has 1 atom stereocenters. The van der Waals surface area contributed by atoms with E-state index in [1.807, 2.05) is 12.1 Å². The van der Waals surface area contributed by atoms with Crippen LogP contribution in [0.3, 0.4) is 0 Å². The summed E-state index contributed by atoms with van der Waals surface area (Å²) in [6.07, 6.45) is 0.916. The van der Waals surface area contributed by atoms with Crippen LogP contribution in [0.4, 0.5) is 4.39 Å². The summed E-state index contributed by atoms with van der Waals surface area (Å²) in [5.41, 5.74) is 1.52. The summed E-state index contributed by atoms with van der Waals surface area (Å²) in [5, 5.41) is 2.70. The number of rotatable bonds is 9. The Bertz CT molecular complexity index is 793. The number of carbonyl (C=O) groups excluding carboxylic acids is 2. The number of ether oxygens (including phenoxy) is 1. The van der Waals surface area contributed by atoms with Crippen LogP contribution in [0.15, 0.2) is 48.5 Å². The second-order valence-corrected chi connectivity index (χ2v) is 6.47. The fourth-order valence-electron chi connectivity index (χ4n) is 2.76. The van der Waals surface area contributed by atoms with Crippen LogP contribution in [0.5, 0.6) is 5.75 Å². The molecule has 28 heavy (non-hydrogen) atoms. The molecule has 2 rings (SSSR count). The van der Waals surface area contributed by atoms with Crippen molar-refractivity contribution in [3.05, 3.63) is 65.5 Å². The Labute approximate surface area is 165 Å². The molecule has 0 aliphatic rings. The van der Waals surface area contributed by atoms with Crippen LogP contribution in [0.1, 0.15) is 31.9 Å². The normalized spacial score (nSPS) is 11.6. The first-order valence-electron chi connectivity index (χ1n) is 9.48. The van der Waals surface area contributed by atoms with Crippen molar-refractivity contribution in [1.82, 2.24) is 10.2 Å². The first-order valence-corrected chi connectivity index (χ1v) is 9.48. The zero-order valence-corrected chi connectivity index (χ0v) is 16.6. The number of nitrogens with one attached hydrogen (secondary N) is 1. The molecule has 150 valence electrons. The Balaban J connectivity index is 2.12. The summed E-state index contributed by atoms with van der Waals surface area (Å²) in [6, 6.07) is 13.0. The van der Waals surface area contributed by atoms with Gasteiger partial charge in [0, 0.05) is 18.7 Å². The van der Waals surface area contributed by atoms with Crippen molar-refractivity contribution < 1.29 is 18.7 Å². The molecule has 2 aromatic rings. The van der Waals surface area contributed by atoms with E-state index in [1.165, 1.54) is 16.5 Å². The predicted molar refractivity (Wildman–Crippen MR) is 106 cm³/mol. The van der Waals surface area contributed by atoms with E-state index in [2.05, 4.69) is 12.2 Å². The number of hydrogen-bond donors (Lipinski definition) is 1. The van der Waals surface area contributed by atoms with E-state index in [4.69, 9.17) is 4.74 Å². The third-order valence-corrected chi connectivity index (χ3v) is 4.51. The van der Waals surface area contributed by atoms with Gasteiger partial charge in [-0.1, -0.05) is 37.3 Å². The van der Waals surface area contributed by atoms with Crippen LogP contribution < -0.4 is 10.1 Å². The molecule has 6 heteroatoms. The van der Waals surface area contributed by atoms with Crippen molar-refractivity contribution in [1.29, 1.82) is 0 Å². The lowest BCUT2D eigenvalue weighted by atomic mass is 10.1. The lowest BCUT2D eigenvalue weighted by Crippen LogP contribution is -2.49. The van der Waals surface area contributed by atoms with E-state index in [-0.39, 0.29) is 25.0 Å². The highest BCUT2D eigenvalue weighted by Crippen LogP contribution is 2.15. The molecule has 2 amide bonds. The Morgan fingerprint density at radius 3 is 2.39 bits per heavy atom. The second kappa shape index (κ2) is 10.4. The van der Waals surface area contributed by atoms with Crippen LogP contribution in [0.25, 0.3) is 0 Å². The number of nitrogens with zero attached hydrogens (tertiary/aromatic N) is 1. The lowest BCUT2D eigenvalue weighted by molar-refractivity contribution is -0.142. The van der Waals surface area contributed by atoms with Gasteiger partial charge in [0.25, 0.3) is 5.91 Å². The number of carbonyl (C=O) groups is 2. The van der Waals surface area contributed by atoms with Gasteiger partial charge in [-0.05, 0) is 44.0 Å². The quantitative estimate of drug-likeness (QED) is 0.719. The third-order valence-electron chi connectivity index (χ3n) is 4.51. The van der Waals surface area contributed by atoms with Crippen molar-refractivity contribution in [3.8, 4) is 5.75 Å². The third kappa shape index (κ3) is 5.81. The van der Waals surface area contributed by atoms with Gasteiger partial charge >= 0.3 is 0 Å². The van der Waals surface area contributed by atoms with E-state index >= 15 is 0 Å². The molecular weight excluding hydrogens is 359 g/mol. The summed E-state index contributed by atoms with van der Waals surface area (Å²) in [6.45, 7) is 5.69. The van der Waals surface area contributed by atoms with Gasteiger partial charge in [-0.2, -0.15) is 0 Å². The summed E-state index contributed by atoms with van der Waals surface area (Å²) >= 11 is 0. The second-order valence-electron chi connectivity index (χ2n) is 6.47. The van der Waals surface area contributed by atoms with Crippen molar-refractivity contribution >= 4 is 11.8 Å². The summed E-state index contributed by atoms with van der Waals surface area (Å²) < 4.78 is 19.7. The molecule has 0 radical (unpaired) electrons. The molecule has 0 bridgehead atoms. The number of hydrogen-bond acceptors (Lipinski definition) is 3. The van der Waals surface area contributed by atoms with Crippen molar-refractivity contribution in [2.75, 3.05) is 13.2 Å². The zero-order chi connectivity index (χ0) is 20.5. The summed E-state index contributed by atoms with van der Waals surface area (Å²) in [5.74, 6) is -0.525. The van der Waals surface area contributed by atoms with Crippen LogP contribution in [-0.4, -0.2) is 35.9 Å². The van der Waals surface area contributed by atoms with Gasteiger partial charge < -0.3 is 15.0 Å². The Morgan fingerprint density at radius 2 is 1.79 bits per heavy atom. The molecule has 0 heterocycles. The topological polar surface area (TPSA) is 58.6 Å². The van der Waals surface area contributed by atoms with E-state index < -0.39 is 11.9 Å². The molecule has 0 aliphatic carbocycles. The minimum atomic E-state index is -0.752. The molecule has 1 unspecified atom stereocenters. The van der Waals surface area contributed by atoms with E-state index in [9.17, 15) is 14.0 Å². The van der Waals surface area contributed by atoms with Gasteiger partial charge in [0.2, 0.25) is 5.91 Å². The van der Waals surface area contributed by atoms with Crippen LogP contribution in [0.2, 0.25) is 0 Å². The zero-order valence-electron chi connectivity index (χ0n) is 16.6. The standard InChI is InChI=1S/C22H27FN2O3/c1-4-17-10-12-19(13-11-17)28-15-21(26)25(16(3)22(27)24-5-2)14-18-8-6-7-9-20(18)23/h6-13,16H,4-5,14-15H2,1-3H3,(H,24,27). The molecule has 0 saturated heterocycles. The number of benzene rings is 2. The van der Waals surface area contributed by atoms with Gasteiger partial charge in [0.05, 0.1) is 0 Å². The van der Waals surface area contributed by atoms with Gasteiger partial charge in [-0.3, -0.25) is 9.59 Å². The van der Waals surface area contributed by atoms with Crippen LogP contribution in [-0.2, 0) is 22.6 Å². The van der Waals surface area contributed by atoms with Gasteiger partial charge in [-0.15, -0.1) is 0 Å². The average Bonchev–Trinajstić information content (AvgIpc) is 2.71. The first kappa shape index (κ1) is 21.4. The van der Waals surface area contributed by atoms with E-state index in [0.717, 1.165) is 6.42 Å². The molecule has 0 saturated carbocycles. The SMILES string of the molecule is CCNC(=O)C(C)N(Cc1ccccc1F)C(=O)COc1ccc(CC)cc1. The highest BCUT2D eigenvalue weighted by Gasteiger charge is 2.26. The molecule has 0 fully saturated rings. The monoisotopic (exact) mass is 386 g/mol. The first-order chi connectivity index (χ1) is 13.5. The Hall–Kier alpha value is -2.89. The molecule has 2 aromatic carbocycles. The largest absolute Gasteiger partial charge is 0.484 e. The Kier molecular flexibility index (Phi) is 7.99. The molecule has 0 aliphatic heterocycles. The smallest absolute Gasteiger partial charge is 0.261 e. The van der Waals surface area contributed by atoms with Gasteiger partial charge in [-0.25, -0.2) is 4.39 Å². The maximum absolute atomic E-state index is 14.1. The fraction of sp³-hybridized carbons (Fsp3) is 0.364. The number of aryl methyl sites for hydroxylation is 1. The number of halogens is 1. The Morgan fingerprint density at radius 1 is 1.11 bits per heavy atom. The van der Waals surface area contributed by atoms with Gasteiger partial charge in [0.1, 0.15) is 17.6 Å². The van der Waals surface area contributed by atoms with Gasteiger partial charge in [0.15, 0.2) is 6.61 Å². The number of amides is 2. The minimum absolute atomic E-state index is 0.0120. The maximum atomic E-state index is 14.1. The molecule has 1 N–H and O–H groups in total. The number of likely N-dealkylation sites (N-methyl/N-ethyl adjacent to an activating group) is 1. The summed E-state index contributed by atoms with van der Waals surface area (Å²) in [4.78, 5) is 26.4. The van der Waals surface area contributed by atoms with Crippen LogP contribution in [0, 0.1) is 5.82 Å². The fourth-order valence-corrected chi connectivity index (χ4v) is 2.76. The molecular formula is C22H27FN2O3. The highest BCUT2D eigenvalue weighted by atomic mass is 19.1. The molecule has 5 nitrogen and oxygen atoms in total. The van der Waals surface area contributed by atoms with Crippen molar-refractivity contribution in [3.63, 3.8) is 0 Å². The maximum Gasteiger partial charge on any atom is 0.261 e. The average molecular weight is 386 g/mol. The van der Waals surface area contributed by atoms with Crippen molar-refractivity contribution in [2.45, 2.75) is 39.8 Å².